The molecule has 0 aromatic carbocycles. The fraction of sp³-hybridized carbons (Fsp3) is 0.375. The van der Waals surface area contributed by atoms with Crippen LogP contribution in [0.5, 0.6) is 0 Å². The molecule has 0 radical (unpaired) electrons. The van der Waals surface area contributed by atoms with Gasteiger partial charge in [-0.3, -0.25) is 4.79 Å². The maximum Gasteiger partial charge on any atom is 0.307 e. The van der Waals surface area contributed by atoms with E-state index in [1.165, 1.54) is 6.92 Å². The fourth-order valence-corrected chi connectivity index (χ4v) is 0.892. The number of esters is 1. The standard InChI is InChI=1S/C8H10O2/c1-6-4-3-5-8(6)10-7(2)9/h3-4H,5H2,1-2H3. The molecule has 1 aliphatic rings. The Labute approximate surface area is 60.2 Å². The first-order valence-corrected chi connectivity index (χ1v) is 3.25. The van der Waals surface area contributed by atoms with Crippen LogP contribution in [-0.2, 0) is 9.53 Å². The van der Waals surface area contributed by atoms with Gasteiger partial charge in [0.05, 0.1) is 0 Å². The third-order valence-corrected chi connectivity index (χ3v) is 1.38. The molecule has 0 saturated heterocycles. The van der Waals surface area contributed by atoms with Crippen LogP contribution < -0.4 is 0 Å². The summed E-state index contributed by atoms with van der Waals surface area (Å²) in [5, 5.41) is 0. The van der Waals surface area contributed by atoms with Crippen molar-refractivity contribution in [1.82, 2.24) is 0 Å². The molecule has 0 fully saturated rings. The zero-order valence-corrected chi connectivity index (χ0v) is 6.18. The fourth-order valence-electron chi connectivity index (χ4n) is 0.892. The highest BCUT2D eigenvalue weighted by Crippen LogP contribution is 2.18. The van der Waals surface area contributed by atoms with Gasteiger partial charge in [0, 0.05) is 13.3 Å². The van der Waals surface area contributed by atoms with Gasteiger partial charge >= 0.3 is 5.97 Å². The molecule has 0 saturated carbocycles. The summed E-state index contributed by atoms with van der Waals surface area (Å²) in [7, 11) is 0. The number of carbonyl (C=O) groups is 1. The van der Waals surface area contributed by atoms with Gasteiger partial charge in [-0.25, -0.2) is 0 Å². The molecule has 0 atom stereocenters. The molecule has 0 heterocycles. The third kappa shape index (κ3) is 1.47. The largest absolute Gasteiger partial charge is 0.431 e. The summed E-state index contributed by atoms with van der Waals surface area (Å²) < 4.78 is 4.90. The summed E-state index contributed by atoms with van der Waals surface area (Å²) in [4.78, 5) is 10.5. The van der Waals surface area contributed by atoms with Crippen molar-refractivity contribution in [3.05, 3.63) is 23.5 Å². The molecule has 2 nitrogen and oxygen atoms in total. The summed E-state index contributed by atoms with van der Waals surface area (Å²) in [6.45, 7) is 3.35. The second kappa shape index (κ2) is 2.69. The monoisotopic (exact) mass is 138 g/mol. The molecule has 0 unspecified atom stereocenters. The Balaban J connectivity index is 2.59. The summed E-state index contributed by atoms with van der Waals surface area (Å²) in [6.07, 6.45) is 4.69. The Bertz CT molecular complexity index is 211. The van der Waals surface area contributed by atoms with Crippen LogP contribution in [0.2, 0.25) is 0 Å². The Kier molecular flexibility index (Phi) is 1.90. The quantitative estimate of drug-likeness (QED) is 0.516. The van der Waals surface area contributed by atoms with E-state index in [2.05, 4.69) is 0 Å². The lowest BCUT2D eigenvalue weighted by Gasteiger charge is -2.01. The Morgan fingerprint density at radius 1 is 1.70 bits per heavy atom. The molecule has 0 amide bonds. The number of hydrogen-bond acceptors (Lipinski definition) is 2. The molecule has 1 aliphatic carbocycles. The highest BCUT2D eigenvalue weighted by Gasteiger charge is 2.07. The van der Waals surface area contributed by atoms with Crippen LogP contribution in [0, 0.1) is 0 Å². The molecule has 1 rings (SSSR count). The Morgan fingerprint density at radius 3 is 2.80 bits per heavy atom. The molecule has 0 aliphatic heterocycles. The van der Waals surface area contributed by atoms with Crippen LogP contribution in [-0.4, -0.2) is 5.97 Å². The van der Waals surface area contributed by atoms with Crippen molar-refractivity contribution in [3.63, 3.8) is 0 Å². The first-order valence-electron chi connectivity index (χ1n) is 3.25. The van der Waals surface area contributed by atoms with Crippen molar-refractivity contribution in [2.24, 2.45) is 0 Å². The first kappa shape index (κ1) is 7.06. The Morgan fingerprint density at radius 2 is 2.40 bits per heavy atom. The van der Waals surface area contributed by atoms with E-state index in [0.717, 1.165) is 17.8 Å². The zero-order chi connectivity index (χ0) is 7.56. The van der Waals surface area contributed by atoms with Crippen molar-refractivity contribution in [1.29, 1.82) is 0 Å². The van der Waals surface area contributed by atoms with E-state index in [4.69, 9.17) is 4.74 Å². The Hall–Kier alpha value is -1.05. The minimum absolute atomic E-state index is 0.238. The highest BCUT2D eigenvalue weighted by atomic mass is 16.5. The highest BCUT2D eigenvalue weighted by molar-refractivity contribution is 5.67. The number of ether oxygens (including phenoxy) is 1. The van der Waals surface area contributed by atoms with Crippen molar-refractivity contribution in [2.75, 3.05) is 0 Å². The summed E-state index contributed by atoms with van der Waals surface area (Å²) in [6, 6.07) is 0. The maximum atomic E-state index is 10.5. The van der Waals surface area contributed by atoms with Gasteiger partial charge in [0.1, 0.15) is 5.76 Å². The summed E-state index contributed by atoms with van der Waals surface area (Å²) in [5.41, 5.74) is 1.05. The zero-order valence-electron chi connectivity index (χ0n) is 6.18. The molecule has 0 bridgehead atoms. The van der Waals surface area contributed by atoms with Crippen molar-refractivity contribution in [3.8, 4) is 0 Å². The van der Waals surface area contributed by atoms with Crippen LogP contribution >= 0.6 is 0 Å². The molecule has 2 heteroatoms. The van der Waals surface area contributed by atoms with E-state index in [9.17, 15) is 4.79 Å². The topological polar surface area (TPSA) is 26.3 Å². The molecule has 0 aromatic rings. The lowest BCUT2D eigenvalue weighted by atomic mass is 10.3. The molecule has 10 heavy (non-hydrogen) atoms. The van der Waals surface area contributed by atoms with E-state index in [1.807, 2.05) is 19.1 Å². The van der Waals surface area contributed by atoms with Gasteiger partial charge in [-0.2, -0.15) is 0 Å². The smallest absolute Gasteiger partial charge is 0.307 e. The maximum absolute atomic E-state index is 10.5. The second-order valence-corrected chi connectivity index (χ2v) is 2.31. The summed E-state index contributed by atoms with van der Waals surface area (Å²) in [5.74, 6) is 0.547. The molecular weight excluding hydrogens is 128 g/mol. The van der Waals surface area contributed by atoms with Crippen LogP contribution in [0.1, 0.15) is 20.3 Å². The number of carbonyl (C=O) groups excluding carboxylic acids is 1. The SMILES string of the molecule is CC(=O)OC1=C(C)C=CC1. The summed E-state index contributed by atoms with van der Waals surface area (Å²) >= 11 is 0. The normalized spacial score (nSPS) is 16.2. The van der Waals surface area contributed by atoms with Crippen molar-refractivity contribution in [2.45, 2.75) is 20.3 Å². The minimum atomic E-state index is -0.238. The van der Waals surface area contributed by atoms with E-state index < -0.39 is 0 Å². The number of hydrogen-bond donors (Lipinski definition) is 0. The van der Waals surface area contributed by atoms with Gasteiger partial charge < -0.3 is 4.74 Å². The molecule has 0 spiro atoms. The molecule has 0 aromatic heterocycles. The van der Waals surface area contributed by atoms with Crippen molar-refractivity contribution < 1.29 is 9.53 Å². The van der Waals surface area contributed by atoms with Gasteiger partial charge in [0.2, 0.25) is 0 Å². The first-order chi connectivity index (χ1) is 4.70. The van der Waals surface area contributed by atoms with Gasteiger partial charge in [0.25, 0.3) is 0 Å². The van der Waals surface area contributed by atoms with Crippen LogP contribution in [0.25, 0.3) is 0 Å². The van der Waals surface area contributed by atoms with Gasteiger partial charge in [-0.15, -0.1) is 0 Å². The van der Waals surface area contributed by atoms with E-state index in [-0.39, 0.29) is 5.97 Å². The van der Waals surface area contributed by atoms with Gasteiger partial charge in [0.15, 0.2) is 0 Å². The molecular formula is C8H10O2. The van der Waals surface area contributed by atoms with E-state index in [1.54, 1.807) is 0 Å². The predicted molar refractivity (Wildman–Crippen MR) is 38.2 cm³/mol. The van der Waals surface area contributed by atoms with Crippen LogP contribution in [0.15, 0.2) is 23.5 Å². The average Bonchev–Trinajstić information content (AvgIpc) is 2.15. The predicted octanol–water partition coefficient (Wildman–Crippen LogP) is 1.78. The van der Waals surface area contributed by atoms with E-state index in [0.29, 0.717) is 0 Å². The van der Waals surface area contributed by atoms with Crippen molar-refractivity contribution >= 4 is 5.97 Å². The average molecular weight is 138 g/mol. The van der Waals surface area contributed by atoms with Crippen LogP contribution in [0.4, 0.5) is 0 Å². The van der Waals surface area contributed by atoms with Crippen LogP contribution in [0.3, 0.4) is 0 Å². The second-order valence-electron chi connectivity index (χ2n) is 2.31. The van der Waals surface area contributed by atoms with E-state index >= 15 is 0 Å². The molecule has 54 valence electrons. The third-order valence-electron chi connectivity index (χ3n) is 1.38. The lowest BCUT2D eigenvalue weighted by molar-refractivity contribution is -0.137. The molecule has 0 N–H and O–H groups in total. The number of allylic oxidation sites excluding steroid dienone is 3. The van der Waals surface area contributed by atoms with Gasteiger partial charge in [-0.05, 0) is 12.5 Å². The number of rotatable bonds is 1. The lowest BCUT2D eigenvalue weighted by Crippen LogP contribution is -1.97. The minimum Gasteiger partial charge on any atom is -0.431 e. The van der Waals surface area contributed by atoms with Gasteiger partial charge in [-0.1, -0.05) is 12.2 Å².